The highest BCUT2D eigenvalue weighted by atomic mass is 16.5. The van der Waals surface area contributed by atoms with Crippen LogP contribution in [0.2, 0.25) is 0 Å². The number of rotatable bonds is 6. The summed E-state index contributed by atoms with van der Waals surface area (Å²) in [5, 5.41) is 0. The van der Waals surface area contributed by atoms with Crippen LogP contribution < -0.4 is 4.74 Å². The van der Waals surface area contributed by atoms with E-state index in [1.165, 1.54) is 11.1 Å². The standard InChI is InChI=1S/C22H20O2/c1-24-22-13-12-19(16-23)20(14-17-8-4-2-5-9-17)21(22)15-18-10-6-3-7-11-18/h2-13,16H,14-15H2,1H3. The third kappa shape index (κ3) is 3.54. The Bertz CT molecular complexity index is 808. The molecule has 24 heavy (non-hydrogen) atoms. The van der Waals surface area contributed by atoms with Crippen LogP contribution >= 0.6 is 0 Å². The SMILES string of the molecule is COc1ccc(C=O)c(Cc2ccccc2)c1Cc1ccccc1. The molecule has 0 radical (unpaired) electrons. The van der Waals surface area contributed by atoms with Gasteiger partial charge in [0, 0.05) is 17.5 Å². The van der Waals surface area contributed by atoms with Crippen LogP contribution in [0.25, 0.3) is 0 Å². The second kappa shape index (κ2) is 7.60. The average Bonchev–Trinajstić information content (AvgIpc) is 2.64. The summed E-state index contributed by atoms with van der Waals surface area (Å²) in [5.41, 5.74) is 5.23. The molecule has 0 aromatic heterocycles. The molecule has 3 aromatic rings. The molecular formula is C22H20O2. The van der Waals surface area contributed by atoms with Gasteiger partial charge in [-0.25, -0.2) is 0 Å². The Hall–Kier alpha value is -2.87. The quantitative estimate of drug-likeness (QED) is 0.617. The summed E-state index contributed by atoms with van der Waals surface area (Å²) < 4.78 is 5.58. The molecule has 3 aromatic carbocycles. The van der Waals surface area contributed by atoms with Gasteiger partial charge in [0.15, 0.2) is 0 Å². The van der Waals surface area contributed by atoms with Gasteiger partial charge in [-0.05, 0) is 35.2 Å². The number of carbonyl (C=O) groups is 1. The maximum Gasteiger partial charge on any atom is 0.150 e. The normalized spacial score (nSPS) is 10.4. The zero-order chi connectivity index (χ0) is 16.8. The van der Waals surface area contributed by atoms with Gasteiger partial charge in [0.1, 0.15) is 12.0 Å². The largest absolute Gasteiger partial charge is 0.496 e. The molecule has 0 unspecified atom stereocenters. The Balaban J connectivity index is 2.08. The summed E-state index contributed by atoms with van der Waals surface area (Å²) >= 11 is 0. The van der Waals surface area contributed by atoms with E-state index in [4.69, 9.17) is 4.74 Å². The number of benzene rings is 3. The first-order chi connectivity index (χ1) is 11.8. The van der Waals surface area contributed by atoms with Gasteiger partial charge in [0.2, 0.25) is 0 Å². The van der Waals surface area contributed by atoms with Gasteiger partial charge in [-0.15, -0.1) is 0 Å². The van der Waals surface area contributed by atoms with Crippen LogP contribution in [0.3, 0.4) is 0 Å². The van der Waals surface area contributed by atoms with Crippen molar-refractivity contribution in [1.82, 2.24) is 0 Å². The average molecular weight is 316 g/mol. The maximum atomic E-state index is 11.6. The molecule has 0 fully saturated rings. The Morgan fingerprint density at radius 2 is 1.29 bits per heavy atom. The molecule has 120 valence electrons. The Labute approximate surface area is 142 Å². The molecule has 0 aliphatic heterocycles. The Morgan fingerprint density at radius 1 is 0.750 bits per heavy atom. The predicted octanol–water partition coefficient (Wildman–Crippen LogP) is 4.69. The third-order valence-electron chi connectivity index (χ3n) is 4.22. The number of ether oxygens (including phenoxy) is 1. The Kier molecular flexibility index (Phi) is 5.07. The van der Waals surface area contributed by atoms with Crippen LogP contribution in [0.4, 0.5) is 0 Å². The van der Waals surface area contributed by atoms with E-state index in [9.17, 15) is 4.79 Å². The van der Waals surface area contributed by atoms with Crippen molar-refractivity contribution in [3.63, 3.8) is 0 Å². The third-order valence-corrected chi connectivity index (χ3v) is 4.22. The van der Waals surface area contributed by atoms with E-state index < -0.39 is 0 Å². The number of hydrogen-bond donors (Lipinski definition) is 0. The second-order valence-electron chi connectivity index (χ2n) is 5.76. The van der Waals surface area contributed by atoms with Gasteiger partial charge in [-0.1, -0.05) is 60.7 Å². The molecule has 0 aliphatic carbocycles. The lowest BCUT2D eigenvalue weighted by atomic mass is 9.91. The molecule has 3 rings (SSSR count). The van der Waals surface area contributed by atoms with Crippen molar-refractivity contribution in [3.05, 3.63) is 101 Å². The topological polar surface area (TPSA) is 26.3 Å². The van der Waals surface area contributed by atoms with Crippen molar-refractivity contribution in [2.45, 2.75) is 12.8 Å². The molecule has 2 heteroatoms. The smallest absolute Gasteiger partial charge is 0.150 e. The van der Waals surface area contributed by atoms with Crippen LogP contribution in [0.1, 0.15) is 32.6 Å². The van der Waals surface area contributed by atoms with Gasteiger partial charge in [0.05, 0.1) is 7.11 Å². The lowest BCUT2D eigenvalue weighted by molar-refractivity contribution is 0.112. The van der Waals surface area contributed by atoms with Crippen molar-refractivity contribution in [2.75, 3.05) is 7.11 Å². The zero-order valence-corrected chi connectivity index (χ0v) is 13.7. The molecule has 0 saturated heterocycles. The highest BCUT2D eigenvalue weighted by Gasteiger charge is 2.15. The fourth-order valence-corrected chi connectivity index (χ4v) is 2.99. The highest BCUT2D eigenvalue weighted by Crippen LogP contribution is 2.29. The first-order valence-electron chi connectivity index (χ1n) is 8.03. The lowest BCUT2D eigenvalue weighted by Gasteiger charge is -2.16. The van der Waals surface area contributed by atoms with Crippen molar-refractivity contribution >= 4 is 6.29 Å². The molecule has 0 heterocycles. The summed E-state index contributed by atoms with van der Waals surface area (Å²) in [4.78, 5) is 11.6. The molecule has 0 saturated carbocycles. The number of aldehydes is 1. The summed E-state index contributed by atoms with van der Waals surface area (Å²) in [7, 11) is 1.68. The van der Waals surface area contributed by atoms with Crippen LogP contribution in [0.5, 0.6) is 5.75 Å². The summed E-state index contributed by atoms with van der Waals surface area (Å²) in [5.74, 6) is 0.829. The molecular weight excluding hydrogens is 296 g/mol. The fourth-order valence-electron chi connectivity index (χ4n) is 2.99. The van der Waals surface area contributed by atoms with Crippen molar-refractivity contribution in [3.8, 4) is 5.75 Å². The van der Waals surface area contributed by atoms with E-state index in [1.54, 1.807) is 7.11 Å². The first-order valence-corrected chi connectivity index (χ1v) is 8.03. The molecule has 0 bridgehead atoms. The van der Waals surface area contributed by atoms with E-state index in [0.29, 0.717) is 6.42 Å². The number of hydrogen-bond acceptors (Lipinski definition) is 2. The first kappa shape index (κ1) is 16.0. The number of carbonyl (C=O) groups excluding carboxylic acids is 1. The molecule has 0 N–H and O–H groups in total. The van der Waals surface area contributed by atoms with E-state index >= 15 is 0 Å². The minimum atomic E-state index is 0.717. The van der Waals surface area contributed by atoms with Crippen LogP contribution in [-0.4, -0.2) is 13.4 Å². The van der Waals surface area contributed by atoms with Crippen LogP contribution in [-0.2, 0) is 12.8 Å². The molecule has 2 nitrogen and oxygen atoms in total. The zero-order valence-electron chi connectivity index (χ0n) is 13.7. The summed E-state index contributed by atoms with van der Waals surface area (Å²) in [6.07, 6.45) is 2.40. The van der Waals surface area contributed by atoms with E-state index in [0.717, 1.165) is 35.1 Å². The van der Waals surface area contributed by atoms with Gasteiger partial charge >= 0.3 is 0 Å². The maximum absolute atomic E-state index is 11.6. The molecule has 0 atom stereocenters. The van der Waals surface area contributed by atoms with Crippen molar-refractivity contribution in [1.29, 1.82) is 0 Å². The predicted molar refractivity (Wildman–Crippen MR) is 96.9 cm³/mol. The van der Waals surface area contributed by atoms with Gasteiger partial charge < -0.3 is 4.74 Å². The van der Waals surface area contributed by atoms with Crippen LogP contribution in [0.15, 0.2) is 72.8 Å². The number of methoxy groups -OCH3 is 1. The molecule has 0 amide bonds. The highest BCUT2D eigenvalue weighted by molar-refractivity contribution is 5.79. The molecule has 0 spiro atoms. The fraction of sp³-hybridized carbons (Fsp3) is 0.136. The summed E-state index contributed by atoms with van der Waals surface area (Å²) in [6, 6.07) is 24.2. The van der Waals surface area contributed by atoms with Crippen molar-refractivity contribution < 1.29 is 9.53 Å². The minimum Gasteiger partial charge on any atom is -0.496 e. The Morgan fingerprint density at radius 3 is 1.79 bits per heavy atom. The summed E-state index contributed by atoms with van der Waals surface area (Å²) in [6.45, 7) is 0. The van der Waals surface area contributed by atoms with Gasteiger partial charge in [-0.2, -0.15) is 0 Å². The minimum absolute atomic E-state index is 0.717. The molecule has 0 aliphatic rings. The second-order valence-corrected chi connectivity index (χ2v) is 5.76. The van der Waals surface area contributed by atoms with E-state index in [2.05, 4.69) is 24.3 Å². The van der Waals surface area contributed by atoms with E-state index in [-0.39, 0.29) is 0 Å². The van der Waals surface area contributed by atoms with Crippen LogP contribution in [0, 0.1) is 0 Å². The lowest BCUT2D eigenvalue weighted by Crippen LogP contribution is -2.05. The van der Waals surface area contributed by atoms with Gasteiger partial charge in [-0.3, -0.25) is 4.79 Å². The van der Waals surface area contributed by atoms with E-state index in [1.807, 2.05) is 48.5 Å². The monoisotopic (exact) mass is 316 g/mol. The van der Waals surface area contributed by atoms with Gasteiger partial charge in [0.25, 0.3) is 0 Å². The van der Waals surface area contributed by atoms with Crippen molar-refractivity contribution in [2.24, 2.45) is 0 Å².